The molecular weight excluding hydrogens is 280 g/mol. The number of aromatic nitrogens is 2. The molecule has 0 aromatic carbocycles. The minimum atomic E-state index is 0.105. The van der Waals surface area contributed by atoms with Crippen molar-refractivity contribution in [3.05, 3.63) is 36.3 Å². The van der Waals surface area contributed by atoms with Gasteiger partial charge in [0, 0.05) is 31.9 Å². The summed E-state index contributed by atoms with van der Waals surface area (Å²) in [5.74, 6) is 0.556. The Balaban J connectivity index is 1.46. The fourth-order valence-electron chi connectivity index (χ4n) is 2.89. The van der Waals surface area contributed by atoms with E-state index in [0.717, 1.165) is 37.3 Å². The van der Waals surface area contributed by atoms with Gasteiger partial charge in [-0.2, -0.15) is 5.06 Å². The molecule has 22 heavy (non-hydrogen) atoms. The van der Waals surface area contributed by atoms with E-state index < -0.39 is 0 Å². The van der Waals surface area contributed by atoms with Gasteiger partial charge < -0.3 is 14.6 Å². The minimum Gasteiger partial charge on any atom is -0.350 e. The molecule has 0 unspecified atom stereocenters. The van der Waals surface area contributed by atoms with Gasteiger partial charge in [-0.1, -0.05) is 6.07 Å². The third-order valence-electron chi connectivity index (χ3n) is 4.19. The predicted molar refractivity (Wildman–Crippen MR) is 83.0 cm³/mol. The molecule has 1 N–H and O–H groups in total. The minimum absolute atomic E-state index is 0.105. The van der Waals surface area contributed by atoms with Crippen LogP contribution < -0.4 is 5.32 Å². The molecule has 1 saturated heterocycles. The summed E-state index contributed by atoms with van der Waals surface area (Å²) in [6.45, 7) is 2.29. The van der Waals surface area contributed by atoms with E-state index in [4.69, 9.17) is 4.84 Å². The first kappa shape index (κ1) is 15.0. The molecule has 2 aromatic heterocycles. The van der Waals surface area contributed by atoms with Gasteiger partial charge in [0.15, 0.2) is 0 Å². The zero-order valence-corrected chi connectivity index (χ0v) is 12.9. The first-order chi connectivity index (χ1) is 10.7. The molecule has 0 radical (unpaired) electrons. The third-order valence-corrected chi connectivity index (χ3v) is 4.19. The quantitative estimate of drug-likeness (QED) is 0.912. The van der Waals surface area contributed by atoms with E-state index in [9.17, 15) is 4.79 Å². The molecule has 0 bridgehead atoms. The number of amides is 1. The summed E-state index contributed by atoms with van der Waals surface area (Å²) in [4.78, 5) is 21.7. The second-order valence-electron chi connectivity index (χ2n) is 5.73. The molecule has 118 valence electrons. The van der Waals surface area contributed by atoms with Crippen LogP contribution in [0.5, 0.6) is 0 Å². The van der Waals surface area contributed by atoms with Gasteiger partial charge in [0.1, 0.15) is 5.65 Å². The van der Waals surface area contributed by atoms with Crippen LogP contribution in [0, 0.1) is 5.92 Å². The molecule has 0 saturated carbocycles. The number of nitrogens with one attached hydrogen (secondary N) is 1. The maximum absolute atomic E-state index is 12.1. The lowest BCUT2D eigenvalue weighted by atomic mass is 9.94. The summed E-state index contributed by atoms with van der Waals surface area (Å²) in [7, 11) is 1.70. The molecule has 2 aromatic rings. The average molecular weight is 302 g/mol. The Bertz CT molecular complexity index is 599. The van der Waals surface area contributed by atoms with Crippen LogP contribution >= 0.6 is 0 Å². The van der Waals surface area contributed by atoms with E-state index in [-0.39, 0.29) is 5.91 Å². The number of fused-ring (bicyclic) bond motifs is 1. The van der Waals surface area contributed by atoms with Crippen LogP contribution in [0.1, 0.15) is 25.0 Å². The van der Waals surface area contributed by atoms with Crippen molar-refractivity contribution in [1.29, 1.82) is 0 Å². The molecule has 0 aliphatic carbocycles. The number of hydroxylamine groups is 2. The first-order valence-electron chi connectivity index (χ1n) is 7.73. The summed E-state index contributed by atoms with van der Waals surface area (Å²) < 4.78 is 1.96. The molecule has 0 spiro atoms. The summed E-state index contributed by atoms with van der Waals surface area (Å²) in [6, 6.07) is 5.87. The van der Waals surface area contributed by atoms with Crippen LogP contribution in [0.4, 0.5) is 0 Å². The second-order valence-corrected chi connectivity index (χ2v) is 5.73. The van der Waals surface area contributed by atoms with Crippen molar-refractivity contribution >= 4 is 11.6 Å². The maximum Gasteiger partial charge on any atom is 0.220 e. The molecule has 1 amide bonds. The van der Waals surface area contributed by atoms with E-state index in [0.29, 0.717) is 18.9 Å². The van der Waals surface area contributed by atoms with E-state index >= 15 is 0 Å². The Morgan fingerprint density at radius 3 is 2.95 bits per heavy atom. The smallest absolute Gasteiger partial charge is 0.220 e. The normalized spacial score (nSPS) is 17.0. The molecule has 6 heteroatoms. The predicted octanol–water partition coefficient (Wildman–Crippen LogP) is 1.61. The highest BCUT2D eigenvalue weighted by Crippen LogP contribution is 2.20. The number of rotatable bonds is 5. The van der Waals surface area contributed by atoms with Crippen molar-refractivity contribution in [3.63, 3.8) is 0 Å². The van der Waals surface area contributed by atoms with Gasteiger partial charge in [-0.25, -0.2) is 4.98 Å². The zero-order chi connectivity index (χ0) is 15.4. The van der Waals surface area contributed by atoms with Gasteiger partial charge in [0.2, 0.25) is 5.91 Å². The van der Waals surface area contributed by atoms with Crippen LogP contribution in [-0.2, 0) is 16.2 Å². The Kier molecular flexibility index (Phi) is 4.70. The Morgan fingerprint density at radius 1 is 1.41 bits per heavy atom. The van der Waals surface area contributed by atoms with Crippen molar-refractivity contribution in [2.45, 2.75) is 25.8 Å². The molecule has 0 atom stereocenters. The molecule has 6 nitrogen and oxygen atoms in total. The SMILES string of the molecule is CON1CCC(CC(=O)NCc2cn3ccccc3n2)CC1. The summed E-state index contributed by atoms with van der Waals surface area (Å²) in [5, 5.41) is 4.92. The summed E-state index contributed by atoms with van der Waals surface area (Å²) in [5.41, 5.74) is 1.78. The van der Waals surface area contributed by atoms with Crippen LogP contribution in [0.2, 0.25) is 0 Å². The van der Waals surface area contributed by atoms with E-state index in [1.807, 2.05) is 40.1 Å². The van der Waals surface area contributed by atoms with Gasteiger partial charge in [-0.15, -0.1) is 0 Å². The van der Waals surface area contributed by atoms with Crippen LogP contribution in [0.3, 0.4) is 0 Å². The maximum atomic E-state index is 12.1. The van der Waals surface area contributed by atoms with Crippen LogP contribution in [-0.4, -0.2) is 40.6 Å². The van der Waals surface area contributed by atoms with Gasteiger partial charge in [0.25, 0.3) is 0 Å². The standard InChI is InChI=1S/C16H22N4O2/c1-22-20-8-5-13(6-9-20)10-16(21)17-11-14-12-19-7-3-2-4-15(19)18-14/h2-4,7,12-13H,5-6,8-11H2,1H3,(H,17,21). The molecular formula is C16H22N4O2. The van der Waals surface area contributed by atoms with Gasteiger partial charge >= 0.3 is 0 Å². The average Bonchev–Trinajstić information content (AvgIpc) is 2.96. The molecule has 1 aliphatic heterocycles. The lowest BCUT2D eigenvalue weighted by Gasteiger charge is -2.29. The molecule has 1 fully saturated rings. The highest BCUT2D eigenvalue weighted by molar-refractivity contribution is 5.76. The fourth-order valence-corrected chi connectivity index (χ4v) is 2.89. The monoisotopic (exact) mass is 302 g/mol. The Hall–Kier alpha value is -1.92. The number of imidazole rings is 1. The zero-order valence-electron chi connectivity index (χ0n) is 12.9. The molecule has 1 aliphatic rings. The van der Waals surface area contributed by atoms with Crippen LogP contribution in [0.25, 0.3) is 5.65 Å². The number of piperidine rings is 1. The highest BCUT2D eigenvalue weighted by atomic mass is 16.7. The van der Waals surface area contributed by atoms with Gasteiger partial charge in [-0.05, 0) is 30.9 Å². The second kappa shape index (κ2) is 6.89. The highest BCUT2D eigenvalue weighted by Gasteiger charge is 2.21. The van der Waals surface area contributed by atoms with Crippen LogP contribution in [0.15, 0.2) is 30.6 Å². The van der Waals surface area contributed by atoms with E-state index in [1.165, 1.54) is 0 Å². The summed E-state index contributed by atoms with van der Waals surface area (Å²) >= 11 is 0. The lowest BCUT2D eigenvalue weighted by Crippen LogP contribution is -2.35. The van der Waals surface area contributed by atoms with Crippen molar-refractivity contribution < 1.29 is 9.63 Å². The molecule has 3 rings (SSSR count). The number of carbonyl (C=O) groups is 1. The van der Waals surface area contributed by atoms with E-state index in [1.54, 1.807) is 7.11 Å². The Morgan fingerprint density at radius 2 is 2.23 bits per heavy atom. The topological polar surface area (TPSA) is 58.9 Å². The van der Waals surface area contributed by atoms with Crippen molar-refractivity contribution in [2.24, 2.45) is 5.92 Å². The first-order valence-corrected chi connectivity index (χ1v) is 7.73. The molecule has 3 heterocycles. The Labute approximate surface area is 130 Å². The van der Waals surface area contributed by atoms with Crippen molar-refractivity contribution in [1.82, 2.24) is 19.8 Å². The summed E-state index contributed by atoms with van der Waals surface area (Å²) in [6.07, 6.45) is 6.51. The van der Waals surface area contributed by atoms with Gasteiger partial charge in [-0.3, -0.25) is 4.79 Å². The lowest BCUT2D eigenvalue weighted by molar-refractivity contribution is -0.149. The fraction of sp³-hybridized carbons (Fsp3) is 0.500. The number of nitrogens with zero attached hydrogens (tertiary/aromatic N) is 3. The number of hydrogen-bond donors (Lipinski definition) is 1. The largest absolute Gasteiger partial charge is 0.350 e. The van der Waals surface area contributed by atoms with Crippen molar-refractivity contribution in [2.75, 3.05) is 20.2 Å². The third kappa shape index (κ3) is 3.64. The van der Waals surface area contributed by atoms with Gasteiger partial charge in [0.05, 0.1) is 19.3 Å². The number of pyridine rings is 1. The van der Waals surface area contributed by atoms with Crippen molar-refractivity contribution in [3.8, 4) is 0 Å². The number of hydrogen-bond acceptors (Lipinski definition) is 4. The van der Waals surface area contributed by atoms with E-state index in [2.05, 4.69) is 10.3 Å². The number of carbonyl (C=O) groups excluding carboxylic acids is 1.